The van der Waals surface area contributed by atoms with Gasteiger partial charge in [0.1, 0.15) is 11.5 Å². The number of para-hydroxylation sites is 1. The van der Waals surface area contributed by atoms with Gasteiger partial charge in [0.05, 0.1) is 6.21 Å². The van der Waals surface area contributed by atoms with E-state index in [9.17, 15) is 4.79 Å². The molecule has 25 heavy (non-hydrogen) atoms. The number of nitrogens with one attached hydrogen (secondary N) is 1. The highest BCUT2D eigenvalue weighted by Crippen LogP contribution is 2.23. The Hall–Kier alpha value is -3.60. The molecule has 3 rings (SSSR count). The van der Waals surface area contributed by atoms with Gasteiger partial charge < -0.3 is 4.74 Å². The van der Waals surface area contributed by atoms with Crippen LogP contribution in [0.1, 0.15) is 5.56 Å². The van der Waals surface area contributed by atoms with E-state index < -0.39 is 6.09 Å². The minimum Gasteiger partial charge on any atom is -0.457 e. The first-order chi connectivity index (χ1) is 12.3. The molecule has 0 saturated carbocycles. The number of carbonyl (C=O) groups excluding carboxylic acids is 1. The highest BCUT2D eigenvalue weighted by Gasteiger charge is 2.04. The second-order valence-electron chi connectivity index (χ2n) is 5.09. The van der Waals surface area contributed by atoms with Crippen molar-refractivity contribution in [1.82, 2.24) is 0 Å². The van der Waals surface area contributed by atoms with Gasteiger partial charge in [-0.05, 0) is 29.8 Å². The highest BCUT2D eigenvalue weighted by molar-refractivity contribution is 5.86. The highest BCUT2D eigenvalue weighted by atomic mass is 16.7. The average Bonchev–Trinajstić information content (AvgIpc) is 2.64. The van der Waals surface area contributed by atoms with Crippen molar-refractivity contribution >= 4 is 18.0 Å². The lowest BCUT2D eigenvalue weighted by Crippen LogP contribution is -2.10. The summed E-state index contributed by atoms with van der Waals surface area (Å²) in [5.74, 6) is 1.33. The van der Waals surface area contributed by atoms with Crippen LogP contribution in [0.2, 0.25) is 0 Å². The summed E-state index contributed by atoms with van der Waals surface area (Å²) < 4.78 is 5.72. The number of anilines is 1. The van der Waals surface area contributed by atoms with Gasteiger partial charge in [-0.25, -0.2) is 4.79 Å². The van der Waals surface area contributed by atoms with Crippen molar-refractivity contribution in [2.45, 2.75) is 0 Å². The third kappa shape index (κ3) is 5.21. The van der Waals surface area contributed by atoms with Crippen LogP contribution in [-0.4, -0.2) is 12.3 Å². The van der Waals surface area contributed by atoms with Gasteiger partial charge >= 0.3 is 6.09 Å². The van der Waals surface area contributed by atoms with E-state index in [4.69, 9.17) is 9.57 Å². The summed E-state index contributed by atoms with van der Waals surface area (Å²) in [5, 5.41) is 6.26. The lowest BCUT2D eigenvalue weighted by molar-refractivity contribution is 0.167. The van der Waals surface area contributed by atoms with E-state index in [1.165, 1.54) is 6.21 Å². The van der Waals surface area contributed by atoms with Crippen LogP contribution >= 0.6 is 0 Å². The zero-order valence-corrected chi connectivity index (χ0v) is 13.3. The average molecular weight is 332 g/mol. The number of hydrogen-bond acceptors (Lipinski definition) is 4. The predicted molar refractivity (Wildman–Crippen MR) is 97.1 cm³/mol. The van der Waals surface area contributed by atoms with E-state index in [0.29, 0.717) is 11.4 Å². The van der Waals surface area contributed by atoms with Crippen LogP contribution in [0.25, 0.3) is 0 Å². The Labute approximate surface area is 145 Å². The van der Waals surface area contributed by atoms with Crippen LogP contribution in [-0.2, 0) is 4.84 Å². The third-order valence-electron chi connectivity index (χ3n) is 3.20. The monoisotopic (exact) mass is 332 g/mol. The number of hydrogen-bond donors (Lipinski definition) is 1. The van der Waals surface area contributed by atoms with Gasteiger partial charge in [-0.1, -0.05) is 59.8 Å². The Kier molecular flexibility index (Phi) is 5.40. The first-order valence-electron chi connectivity index (χ1n) is 7.69. The molecular weight excluding hydrogens is 316 g/mol. The molecule has 1 N–H and O–H groups in total. The molecule has 5 heteroatoms. The maximum atomic E-state index is 11.8. The Bertz CT molecular complexity index is 849. The van der Waals surface area contributed by atoms with E-state index in [1.807, 2.05) is 60.7 Å². The van der Waals surface area contributed by atoms with Gasteiger partial charge in [0, 0.05) is 11.8 Å². The summed E-state index contributed by atoms with van der Waals surface area (Å²) in [6.07, 6.45) is 0.790. The van der Waals surface area contributed by atoms with E-state index in [2.05, 4.69) is 10.5 Å². The molecule has 0 bridgehead atoms. The van der Waals surface area contributed by atoms with Crippen molar-refractivity contribution in [3.8, 4) is 11.5 Å². The van der Waals surface area contributed by atoms with E-state index in [1.54, 1.807) is 24.3 Å². The lowest BCUT2D eigenvalue weighted by Gasteiger charge is -2.07. The lowest BCUT2D eigenvalue weighted by atomic mass is 10.2. The molecule has 0 aliphatic carbocycles. The molecule has 0 saturated heterocycles. The molecule has 5 nitrogen and oxygen atoms in total. The van der Waals surface area contributed by atoms with Gasteiger partial charge in [0.15, 0.2) is 0 Å². The second-order valence-corrected chi connectivity index (χ2v) is 5.09. The fraction of sp³-hybridized carbons (Fsp3) is 0. The van der Waals surface area contributed by atoms with Gasteiger partial charge in [-0.2, -0.15) is 0 Å². The van der Waals surface area contributed by atoms with Crippen LogP contribution in [0.15, 0.2) is 90.1 Å². The first kappa shape index (κ1) is 16.3. The van der Waals surface area contributed by atoms with Gasteiger partial charge in [0.2, 0.25) is 0 Å². The summed E-state index contributed by atoms with van der Waals surface area (Å²) in [4.78, 5) is 16.6. The normalized spacial score (nSPS) is 10.4. The number of oxime groups is 1. The Morgan fingerprint density at radius 1 is 0.840 bits per heavy atom. The summed E-state index contributed by atoms with van der Waals surface area (Å²) in [6.45, 7) is 0. The first-order valence-corrected chi connectivity index (χ1v) is 7.69. The summed E-state index contributed by atoms with van der Waals surface area (Å²) in [7, 11) is 0. The maximum Gasteiger partial charge on any atom is 0.437 e. The SMILES string of the molecule is O=C(Nc1cccc(Oc2ccccc2)c1)O/N=C/c1ccccc1. The molecule has 3 aromatic rings. The molecule has 0 aliphatic rings. The fourth-order valence-corrected chi connectivity index (χ4v) is 2.08. The number of ether oxygens (including phenoxy) is 1. The standard InChI is InChI=1S/C20H16N2O3/c23-20(25-21-15-16-8-3-1-4-9-16)22-17-10-7-13-19(14-17)24-18-11-5-2-6-12-18/h1-15H,(H,22,23)/b21-15+. The Morgan fingerprint density at radius 3 is 2.28 bits per heavy atom. The Balaban J connectivity index is 1.56. The molecule has 0 aliphatic heterocycles. The van der Waals surface area contributed by atoms with Crippen molar-refractivity contribution in [3.05, 3.63) is 90.5 Å². The predicted octanol–water partition coefficient (Wildman–Crippen LogP) is 5.06. The van der Waals surface area contributed by atoms with Gasteiger partial charge in [0.25, 0.3) is 0 Å². The second kappa shape index (κ2) is 8.31. The molecule has 3 aromatic carbocycles. The van der Waals surface area contributed by atoms with Crippen molar-refractivity contribution in [2.24, 2.45) is 5.16 Å². The third-order valence-corrected chi connectivity index (χ3v) is 3.20. The quantitative estimate of drug-likeness (QED) is 0.403. The number of benzene rings is 3. The van der Waals surface area contributed by atoms with Gasteiger partial charge in [-0.3, -0.25) is 10.2 Å². The zero-order valence-electron chi connectivity index (χ0n) is 13.3. The van der Waals surface area contributed by atoms with Crippen molar-refractivity contribution in [1.29, 1.82) is 0 Å². The molecule has 0 unspecified atom stereocenters. The van der Waals surface area contributed by atoms with Crippen LogP contribution in [0.5, 0.6) is 11.5 Å². The molecule has 0 aromatic heterocycles. The van der Waals surface area contributed by atoms with Crippen molar-refractivity contribution in [3.63, 3.8) is 0 Å². The number of nitrogens with zero attached hydrogens (tertiary/aromatic N) is 1. The van der Waals surface area contributed by atoms with E-state index in [-0.39, 0.29) is 0 Å². The molecule has 1 amide bonds. The molecular formula is C20H16N2O3. The van der Waals surface area contributed by atoms with Crippen LogP contribution in [0.3, 0.4) is 0 Å². The van der Waals surface area contributed by atoms with Crippen molar-refractivity contribution in [2.75, 3.05) is 5.32 Å². The summed E-state index contributed by atoms with van der Waals surface area (Å²) in [6, 6.07) is 25.8. The maximum absolute atomic E-state index is 11.8. The number of amides is 1. The number of rotatable bonds is 5. The largest absolute Gasteiger partial charge is 0.457 e. The Morgan fingerprint density at radius 2 is 1.52 bits per heavy atom. The molecule has 124 valence electrons. The topological polar surface area (TPSA) is 59.9 Å². The molecule has 0 radical (unpaired) electrons. The van der Waals surface area contributed by atoms with E-state index in [0.717, 1.165) is 11.3 Å². The molecule has 0 atom stereocenters. The van der Waals surface area contributed by atoms with Crippen LogP contribution < -0.4 is 10.1 Å². The molecule has 0 heterocycles. The van der Waals surface area contributed by atoms with Crippen LogP contribution in [0.4, 0.5) is 10.5 Å². The zero-order chi connectivity index (χ0) is 17.3. The fourth-order valence-electron chi connectivity index (χ4n) is 2.08. The molecule has 0 spiro atoms. The summed E-state index contributed by atoms with van der Waals surface area (Å²) >= 11 is 0. The minimum absolute atomic E-state index is 0.549. The summed E-state index contributed by atoms with van der Waals surface area (Å²) in [5.41, 5.74) is 1.39. The van der Waals surface area contributed by atoms with Crippen molar-refractivity contribution < 1.29 is 14.4 Å². The minimum atomic E-state index is -0.677. The van der Waals surface area contributed by atoms with Gasteiger partial charge in [-0.15, -0.1) is 0 Å². The molecule has 0 fully saturated rings. The number of carbonyl (C=O) groups is 1. The van der Waals surface area contributed by atoms with Crippen LogP contribution in [0, 0.1) is 0 Å². The van der Waals surface area contributed by atoms with E-state index >= 15 is 0 Å². The smallest absolute Gasteiger partial charge is 0.437 e.